The van der Waals surface area contributed by atoms with E-state index in [0.717, 1.165) is 5.70 Å². The van der Waals surface area contributed by atoms with Crippen molar-refractivity contribution in [1.82, 2.24) is 5.43 Å². The van der Waals surface area contributed by atoms with Gasteiger partial charge in [-0.15, -0.1) is 0 Å². The molecule has 2 heteroatoms. The molecule has 0 fully saturated rings. The fourth-order valence-corrected chi connectivity index (χ4v) is 0.539. The van der Waals surface area contributed by atoms with Crippen molar-refractivity contribution in [2.24, 2.45) is 11.0 Å². The smallest absolute Gasteiger partial charge is 0.0555 e. The molecule has 0 aliphatic rings. The van der Waals surface area contributed by atoms with E-state index < -0.39 is 0 Å². The second-order valence-corrected chi connectivity index (χ2v) is 2.70. The van der Waals surface area contributed by atoms with E-state index in [9.17, 15) is 0 Å². The van der Waals surface area contributed by atoms with Crippen molar-refractivity contribution in [3.05, 3.63) is 37.1 Å². The third kappa shape index (κ3) is 5.47. The number of hydrogen-bond donors (Lipinski definition) is 1. The SMILES string of the molecule is C=C/C=C(\C=C)N/N=C/C(C)C. The third-order valence-electron chi connectivity index (χ3n) is 1.08. The second-order valence-electron chi connectivity index (χ2n) is 2.70. The van der Waals surface area contributed by atoms with Gasteiger partial charge >= 0.3 is 0 Å². The number of allylic oxidation sites excluding steroid dienone is 3. The first-order valence-corrected chi connectivity index (χ1v) is 3.95. The molecule has 0 aromatic rings. The topological polar surface area (TPSA) is 24.4 Å². The highest BCUT2D eigenvalue weighted by Crippen LogP contribution is 1.90. The average Bonchev–Trinajstić information content (AvgIpc) is 2.02. The zero-order valence-corrected chi connectivity index (χ0v) is 7.75. The minimum absolute atomic E-state index is 0.451. The molecule has 0 rings (SSSR count). The molecule has 0 aromatic carbocycles. The Morgan fingerprint density at radius 1 is 1.42 bits per heavy atom. The molecule has 0 spiro atoms. The highest BCUT2D eigenvalue weighted by Gasteiger charge is 1.85. The van der Waals surface area contributed by atoms with Crippen LogP contribution < -0.4 is 5.43 Å². The molecule has 0 aliphatic heterocycles. The Kier molecular flexibility index (Phi) is 5.70. The van der Waals surface area contributed by atoms with Crippen LogP contribution in [0.1, 0.15) is 13.8 Å². The summed E-state index contributed by atoms with van der Waals surface area (Å²) in [5.41, 5.74) is 3.69. The predicted molar refractivity (Wildman–Crippen MR) is 54.9 cm³/mol. The van der Waals surface area contributed by atoms with Gasteiger partial charge in [0.25, 0.3) is 0 Å². The molecule has 0 atom stereocenters. The normalized spacial score (nSPS) is 12.1. The number of hydrogen-bond acceptors (Lipinski definition) is 2. The number of nitrogens with zero attached hydrogens (tertiary/aromatic N) is 1. The van der Waals surface area contributed by atoms with Gasteiger partial charge < -0.3 is 0 Å². The zero-order valence-electron chi connectivity index (χ0n) is 7.75. The molecule has 0 saturated carbocycles. The molecule has 0 unspecified atom stereocenters. The van der Waals surface area contributed by atoms with Crippen LogP contribution in [0.15, 0.2) is 42.2 Å². The van der Waals surface area contributed by atoms with E-state index in [1.165, 1.54) is 0 Å². The molecule has 0 aromatic heterocycles. The van der Waals surface area contributed by atoms with E-state index in [2.05, 4.69) is 37.5 Å². The Bertz CT molecular complexity index is 200. The monoisotopic (exact) mass is 164 g/mol. The van der Waals surface area contributed by atoms with Crippen LogP contribution in [0.3, 0.4) is 0 Å². The summed E-state index contributed by atoms with van der Waals surface area (Å²) >= 11 is 0. The van der Waals surface area contributed by atoms with E-state index >= 15 is 0 Å². The van der Waals surface area contributed by atoms with Gasteiger partial charge in [-0.1, -0.05) is 33.1 Å². The van der Waals surface area contributed by atoms with Gasteiger partial charge in [0.1, 0.15) is 0 Å². The van der Waals surface area contributed by atoms with Gasteiger partial charge in [0.15, 0.2) is 0 Å². The Morgan fingerprint density at radius 3 is 2.50 bits per heavy atom. The van der Waals surface area contributed by atoms with Gasteiger partial charge in [-0.3, -0.25) is 5.43 Å². The molecular formula is C10H16N2. The van der Waals surface area contributed by atoms with Gasteiger partial charge in [0.05, 0.1) is 5.70 Å². The molecule has 1 N–H and O–H groups in total. The van der Waals surface area contributed by atoms with E-state index in [-0.39, 0.29) is 0 Å². The van der Waals surface area contributed by atoms with E-state index in [1.54, 1.807) is 12.2 Å². The van der Waals surface area contributed by atoms with Crippen LogP contribution in [0.2, 0.25) is 0 Å². The molecular weight excluding hydrogens is 148 g/mol. The Hall–Kier alpha value is -1.31. The van der Waals surface area contributed by atoms with Crippen molar-refractivity contribution in [2.45, 2.75) is 13.8 Å². The third-order valence-corrected chi connectivity index (χ3v) is 1.08. The summed E-state index contributed by atoms with van der Waals surface area (Å²) in [6.07, 6.45) is 7.03. The van der Waals surface area contributed by atoms with Crippen LogP contribution in [0.25, 0.3) is 0 Å². The van der Waals surface area contributed by atoms with Crippen molar-refractivity contribution in [1.29, 1.82) is 0 Å². The maximum Gasteiger partial charge on any atom is 0.0555 e. The minimum Gasteiger partial charge on any atom is -0.279 e. The molecule has 66 valence electrons. The molecule has 0 amide bonds. The molecule has 2 nitrogen and oxygen atoms in total. The average molecular weight is 164 g/mol. The first-order chi connectivity index (χ1) is 5.70. The van der Waals surface area contributed by atoms with Crippen LogP contribution in [-0.4, -0.2) is 6.21 Å². The predicted octanol–water partition coefficient (Wildman–Crippen LogP) is 2.47. The van der Waals surface area contributed by atoms with Crippen molar-refractivity contribution < 1.29 is 0 Å². The fraction of sp³-hybridized carbons (Fsp3) is 0.300. The minimum atomic E-state index is 0.451. The van der Waals surface area contributed by atoms with Gasteiger partial charge in [-0.05, 0) is 18.1 Å². The number of hydrazone groups is 1. The fourth-order valence-electron chi connectivity index (χ4n) is 0.539. The number of rotatable bonds is 5. The molecule has 0 bridgehead atoms. The summed E-state index contributed by atoms with van der Waals surface area (Å²) < 4.78 is 0. The van der Waals surface area contributed by atoms with Crippen molar-refractivity contribution in [2.75, 3.05) is 0 Å². The highest BCUT2D eigenvalue weighted by molar-refractivity contribution is 5.59. The largest absolute Gasteiger partial charge is 0.279 e. The molecule has 12 heavy (non-hydrogen) atoms. The Balaban J connectivity index is 3.96. The molecule has 0 saturated heterocycles. The highest BCUT2D eigenvalue weighted by atomic mass is 15.3. The van der Waals surface area contributed by atoms with E-state index in [4.69, 9.17) is 0 Å². The van der Waals surface area contributed by atoms with Crippen molar-refractivity contribution in [3.63, 3.8) is 0 Å². The van der Waals surface area contributed by atoms with Crippen LogP contribution in [0.5, 0.6) is 0 Å². The quantitative estimate of drug-likeness (QED) is 0.377. The lowest BCUT2D eigenvalue weighted by Crippen LogP contribution is -2.04. The molecule has 0 radical (unpaired) electrons. The summed E-state index contributed by atoms with van der Waals surface area (Å²) in [5.74, 6) is 0.451. The van der Waals surface area contributed by atoms with Gasteiger partial charge in [0, 0.05) is 6.21 Å². The van der Waals surface area contributed by atoms with Crippen molar-refractivity contribution in [3.8, 4) is 0 Å². The summed E-state index contributed by atoms with van der Waals surface area (Å²) in [5, 5.41) is 4.00. The maximum atomic E-state index is 4.00. The lowest BCUT2D eigenvalue weighted by atomic mass is 10.3. The Morgan fingerprint density at radius 2 is 2.08 bits per heavy atom. The first-order valence-electron chi connectivity index (χ1n) is 3.95. The summed E-state index contributed by atoms with van der Waals surface area (Å²) in [6.45, 7) is 11.3. The van der Waals surface area contributed by atoms with Crippen LogP contribution in [-0.2, 0) is 0 Å². The lowest BCUT2D eigenvalue weighted by molar-refractivity contribution is 0.857. The molecule has 0 aliphatic carbocycles. The lowest BCUT2D eigenvalue weighted by Gasteiger charge is -1.99. The van der Waals surface area contributed by atoms with Crippen LogP contribution in [0.4, 0.5) is 0 Å². The second kappa shape index (κ2) is 6.40. The van der Waals surface area contributed by atoms with E-state index in [0.29, 0.717) is 5.92 Å². The Labute approximate surface area is 74.4 Å². The van der Waals surface area contributed by atoms with Crippen LogP contribution >= 0.6 is 0 Å². The summed E-state index contributed by atoms with van der Waals surface area (Å²) in [6, 6.07) is 0. The summed E-state index contributed by atoms with van der Waals surface area (Å²) in [4.78, 5) is 0. The van der Waals surface area contributed by atoms with Crippen LogP contribution in [0, 0.1) is 5.92 Å². The maximum absolute atomic E-state index is 4.00. The van der Waals surface area contributed by atoms with E-state index in [1.807, 2.05) is 12.3 Å². The summed E-state index contributed by atoms with van der Waals surface area (Å²) in [7, 11) is 0. The standard InChI is InChI=1S/C10H16N2/c1-5-7-10(6-2)12-11-8-9(3)4/h5-9,12H,1-2H2,3-4H3/b10-7+,11-8+. The number of nitrogens with one attached hydrogen (secondary N) is 1. The molecule has 0 heterocycles. The first kappa shape index (κ1) is 10.7. The van der Waals surface area contributed by atoms with Crippen molar-refractivity contribution >= 4 is 6.21 Å². The zero-order chi connectivity index (χ0) is 9.40. The van der Waals surface area contributed by atoms with Gasteiger partial charge in [-0.2, -0.15) is 5.10 Å². The van der Waals surface area contributed by atoms with Gasteiger partial charge in [-0.25, -0.2) is 0 Å². The van der Waals surface area contributed by atoms with Gasteiger partial charge in [0.2, 0.25) is 0 Å².